The van der Waals surface area contributed by atoms with Gasteiger partial charge in [-0.3, -0.25) is 4.79 Å². The number of amides is 1. The number of anilines is 1. The van der Waals surface area contributed by atoms with Crippen LogP contribution in [0, 0.1) is 0 Å². The normalized spacial score (nSPS) is 11.9. The first-order chi connectivity index (χ1) is 9.01. The van der Waals surface area contributed by atoms with Crippen molar-refractivity contribution in [3.8, 4) is 0 Å². The maximum atomic E-state index is 12.0. The number of para-hydroxylation sites is 1. The Morgan fingerprint density at radius 3 is 2.58 bits per heavy atom. The lowest BCUT2D eigenvalue weighted by atomic mass is 10.1. The minimum absolute atomic E-state index is 0.0834. The summed E-state index contributed by atoms with van der Waals surface area (Å²) in [6, 6.07) is 6.34. The quantitative estimate of drug-likeness (QED) is 0.791. The summed E-state index contributed by atoms with van der Waals surface area (Å²) in [5, 5.41) is 9.09. The van der Waals surface area contributed by atoms with Gasteiger partial charge in [-0.2, -0.15) is 0 Å². The molecule has 1 rings (SSSR count). The molecule has 1 aromatic carbocycles. The van der Waals surface area contributed by atoms with Gasteiger partial charge in [-0.15, -0.1) is 0 Å². The van der Waals surface area contributed by atoms with Gasteiger partial charge in [0.25, 0.3) is 0 Å². The molecule has 0 saturated heterocycles. The van der Waals surface area contributed by atoms with Crippen molar-refractivity contribution in [2.45, 2.75) is 12.5 Å². The molecule has 1 amide bonds. The van der Waals surface area contributed by atoms with Crippen molar-refractivity contribution in [3.05, 3.63) is 29.8 Å². The number of hydrogen-bond donors (Lipinski definition) is 2. The lowest BCUT2D eigenvalue weighted by Crippen LogP contribution is -2.34. The number of carboxylic acid groups (broad SMARTS) is 1. The van der Waals surface area contributed by atoms with E-state index in [0.717, 1.165) is 0 Å². The number of benzene rings is 1. The molecule has 0 aliphatic rings. The third-order valence-electron chi connectivity index (χ3n) is 2.87. The van der Waals surface area contributed by atoms with Gasteiger partial charge in [-0.25, -0.2) is 4.79 Å². The molecule has 1 atom stereocenters. The molecule has 0 bridgehead atoms. The van der Waals surface area contributed by atoms with Crippen LogP contribution in [0.15, 0.2) is 24.3 Å². The minimum Gasteiger partial charge on any atom is -0.478 e. The number of rotatable bonds is 6. The molecular formula is C13H18N2O4. The summed E-state index contributed by atoms with van der Waals surface area (Å²) in [6.07, 6.45) is -0.260. The van der Waals surface area contributed by atoms with E-state index >= 15 is 0 Å². The van der Waals surface area contributed by atoms with Crippen molar-refractivity contribution in [2.75, 3.05) is 25.6 Å². The topological polar surface area (TPSA) is 92.9 Å². The van der Waals surface area contributed by atoms with Crippen LogP contribution in [-0.2, 0) is 9.53 Å². The molecule has 0 heterocycles. The van der Waals surface area contributed by atoms with Crippen LogP contribution in [0.5, 0.6) is 0 Å². The van der Waals surface area contributed by atoms with Gasteiger partial charge in [0.2, 0.25) is 5.91 Å². The zero-order valence-electron chi connectivity index (χ0n) is 11.0. The first-order valence-corrected chi connectivity index (χ1v) is 5.83. The van der Waals surface area contributed by atoms with E-state index in [1.165, 1.54) is 25.1 Å². The fraction of sp³-hybridized carbons (Fsp3) is 0.385. The molecule has 0 aliphatic carbocycles. The van der Waals surface area contributed by atoms with Crippen LogP contribution >= 0.6 is 0 Å². The zero-order chi connectivity index (χ0) is 14.4. The maximum absolute atomic E-state index is 12.0. The Balaban J connectivity index is 2.91. The van der Waals surface area contributed by atoms with Crippen molar-refractivity contribution >= 4 is 17.6 Å². The average Bonchev–Trinajstić information content (AvgIpc) is 2.43. The van der Waals surface area contributed by atoms with Crippen molar-refractivity contribution in [1.29, 1.82) is 0 Å². The molecule has 0 fully saturated rings. The fourth-order valence-electron chi connectivity index (χ4n) is 1.68. The van der Waals surface area contributed by atoms with Crippen LogP contribution in [0.4, 0.5) is 5.69 Å². The lowest BCUT2D eigenvalue weighted by Gasteiger charge is -2.21. The van der Waals surface area contributed by atoms with Gasteiger partial charge in [0, 0.05) is 20.7 Å². The molecule has 19 heavy (non-hydrogen) atoms. The fourth-order valence-corrected chi connectivity index (χ4v) is 1.68. The number of aromatic carboxylic acids is 1. The van der Waals surface area contributed by atoms with Crippen LogP contribution in [0.2, 0.25) is 0 Å². The maximum Gasteiger partial charge on any atom is 0.337 e. The van der Waals surface area contributed by atoms with E-state index in [2.05, 4.69) is 0 Å². The molecule has 0 aromatic heterocycles. The Morgan fingerprint density at radius 1 is 1.42 bits per heavy atom. The highest BCUT2D eigenvalue weighted by atomic mass is 16.5. The molecule has 6 nitrogen and oxygen atoms in total. The van der Waals surface area contributed by atoms with Crippen LogP contribution in [0.3, 0.4) is 0 Å². The number of carbonyl (C=O) groups excluding carboxylic acids is 1. The lowest BCUT2D eigenvalue weighted by molar-refractivity contribution is -0.120. The van der Waals surface area contributed by atoms with E-state index in [9.17, 15) is 9.59 Å². The molecular weight excluding hydrogens is 248 g/mol. The van der Waals surface area contributed by atoms with E-state index in [4.69, 9.17) is 15.6 Å². The summed E-state index contributed by atoms with van der Waals surface area (Å²) >= 11 is 0. The molecule has 3 N–H and O–H groups in total. The number of ether oxygens (including phenoxy) is 1. The highest BCUT2D eigenvalue weighted by Gasteiger charge is 2.20. The smallest absolute Gasteiger partial charge is 0.337 e. The predicted molar refractivity (Wildman–Crippen MR) is 71.3 cm³/mol. The second kappa shape index (κ2) is 6.86. The van der Waals surface area contributed by atoms with Crippen molar-refractivity contribution in [3.63, 3.8) is 0 Å². The van der Waals surface area contributed by atoms with Gasteiger partial charge >= 0.3 is 5.97 Å². The number of nitrogens with two attached hydrogens (primary N) is 1. The van der Waals surface area contributed by atoms with Crippen LogP contribution in [-0.4, -0.2) is 43.8 Å². The SMILES string of the molecule is COC(CN)CC(=O)N(C)c1ccccc1C(=O)O. The summed E-state index contributed by atoms with van der Waals surface area (Å²) < 4.78 is 5.05. The van der Waals surface area contributed by atoms with Crippen LogP contribution in [0.25, 0.3) is 0 Å². The van der Waals surface area contributed by atoms with E-state index < -0.39 is 5.97 Å². The Kier molecular flexibility index (Phi) is 5.47. The zero-order valence-corrected chi connectivity index (χ0v) is 11.0. The van der Waals surface area contributed by atoms with Gasteiger partial charge in [-0.1, -0.05) is 12.1 Å². The molecule has 1 unspecified atom stereocenters. The highest BCUT2D eigenvalue weighted by Crippen LogP contribution is 2.20. The van der Waals surface area contributed by atoms with Gasteiger partial charge in [-0.05, 0) is 12.1 Å². The van der Waals surface area contributed by atoms with E-state index in [1.807, 2.05) is 0 Å². The third kappa shape index (κ3) is 3.77. The Hall–Kier alpha value is -1.92. The largest absolute Gasteiger partial charge is 0.478 e. The molecule has 0 radical (unpaired) electrons. The third-order valence-corrected chi connectivity index (χ3v) is 2.87. The van der Waals surface area contributed by atoms with Crippen molar-refractivity contribution in [1.82, 2.24) is 0 Å². The molecule has 0 spiro atoms. The van der Waals surface area contributed by atoms with Gasteiger partial charge in [0.05, 0.1) is 23.8 Å². The summed E-state index contributed by atoms with van der Waals surface area (Å²) in [4.78, 5) is 24.5. The van der Waals surface area contributed by atoms with E-state index in [0.29, 0.717) is 5.69 Å². The summed E-state index contributed by atoms with van der Waals surface area (Å²) in [6.45, 7) is 0.233. The first-order valence-electron chi connectivity index (χ1n) is 5.83. The standard InChI is InChI=1S/C13H18N2O4/c1-15(12(16)7-9(8-14)19-2)11-6-4-3-5-10(11)13(17)18/h3-6,9H,7-8,14H2,1-2H3,(H,17,18). The molecule has 104 valence electrons. The summed E-state index contributed by atoms with van der Waals surface area (Å²) in [7, 11) is 3.02. The van der Waals surface area contributed by atoms with Gasteiger partial charge in [0.15, 0.2) is 0 Å². The summed E-state index contributed by atoms with van der Waals surface area (Å²) in [5.74, 6) is -1.32. The number of methoxy groups -OCH3 is 1. The molecule has 6 heteroatoms. The molecule has 0 saturated carbocycles. The second-order valence-corrected chi connectivity index (χ2v) is 4.07. The molecule has 0 aliphatic heterocycles. The Morgan fingerprint density at radius 2 is 2.05 bits per heavy atom. The van der Waals surface area contributed by atoms with Crippen molar-refractivity contribution in [2.24, 2.45) is 5.73 Å². The van der Waals surface area contributed by atoms with Crippen LogP contribution in [0.1, 0.15) is 16.8 Å². The average molecular weight is 266 g/mol. The van der Waals surface area contributed by atoms with E-state index in [1.54, 1.807) is 18.2 Å². The van der Waals surface area contributed by atoms with Gasteiger partial charge in [0.1, 0.15) is 0 Å². The van der Waals surface area contributed by atoms with Gasteiger partial charge < -0.3 is 20.5 Å². The highest BCUT2D eigenvalue weighted by molar-refractivity contribution is 6.01. The minimum atomic E-state index is -1.07. The monoisotopic (exact) mass is 266 g/mol. The van der Waals surface area contributed by atoms with Crippen LogP contribution < -0.4 is 10.6 Å². The predicted octanol–water partition coefficient (Wildman–Crippen LogP) is 0.711. The number of carbonyl (C=O) groups is 2. The summed E-state index contributed by atoms with van der Waals surface area (Å²) in [5.41, 5.74) is 5.90. The first kappa shape index (κ1) is 15.1. The number of carboxylic acids is 1. The Labute approximate surface area is 111 Å². The van der Waals surface area contributed by atoms with E-state index in [-0.39, 0.29) is 30.5 Å². The Bertz CT molecular complexity index is 458. The number of hydrogen-bond acceptors (Lipinski definition) is 4. The second-order valence-electron chi connectivity index (χ2n) is 4.07. The van der Waals surface area contributed by atoms with Crippen molar-refractivity contribution < 1.29 is 19.4 Å². The molecule has 1 aromatic rings. The number of nitrogens with zero attached hydrogens (tertiary/aromatic N) is 1.